The van der Waals surface area contributed by atoms with E-state index in [1.165, 1.54) is 26.2 Å². The van der Waals surface area contributed by atoms with Crippen LogP contribution in [0.2, 0.25) is 0 Å². The van der Waals surface area contributed by atoms with E-state index in [1.54, 1.807) is 0 Å². The van der Waals surface area contributed by atoms with Gasteiger partial charge in [0.05, 0.1) is 6.61 Å². The van der Waals surface area contributed by atoms with Gasteiger partial charge in [-0.2, -0.15) is 0 Å². The highest BCUT2D eigenvalue weighted by Crippen LogP contribution is 1.98. The van der Waals surface area contributed by atoms with Crippen LogP contribution in [0.4, 0.5) is 0 Å². The maximum atomic E-state index is 10.3. The van der Waals surface area contributed by atoms with Crippen LogP contribution in [0.5, 0.6) is 0 Å². The van der Waals surface area contributed by atoms with E-state index in [9.17, 15) is 4.79 Å². The van der Waals surface area contributed by atoms with E-state index in [0.29, 0.717) is 6.61 Å². The summed E-state index contributed by atoms with van der Waals surface area (Å²) in [6.45, 7) is 3.42. The summed E-state index contributed by atoms with van der Waals surface area (Å²) in [4.78, 5) is 19.4. The average molecular weight is 220 g/mol. The summed E-state index contributed by atoms with van der Waals surface area (Å²) in [6, 6.07) is 0. The highest BCUT2D eigenvalue weighted by molar-refractivity contribution is 5.67. The molecule has 0 bridgehead atoms. The van der Waals surface area contributed by atoms with E-state index < -0.39 is 12.6 Å². The van der Waals surface area contributed by atoms with Crippen LogP contribution in [0.3, 0.4) is 0 Å². The molecule has 0 aromatic heterocycles. The number of unbranched alkanes of at least 4 members (excludes halogenated alkanes) is 3. The van der Waals surface area contributed by atoms with Crippen molar-refractivity contribution in [1.29, 1.82) is 0 Å². The van der Waals surface area contributed by atoms with E-state index in [1.807, 2.05) is 0 Å². The zero-order chi connectivity index (χ0) is 12.1. The molecular formula is C10H20O5. The second-order valence-corrected chi connectivity index (χ2v) is 2.95. The summed E-state index contributed by atoms with van der Waals surface area (Å²) in [5, 5.41) is 15.0. The predicted molar refractivity (Wildman–Crippen MR) is 55.5 cm³/mol. The summed E-state index contributed by atoms with van der Waals surface area (Å²) < 4.78 is 4.75. The summed E-state index contributed by atoms with van der Waals surface area (Å²) in [7, 11) is 0. The van der Waals surface area contributed by atoms with Crippen molar-refractivity contribution in [3.63, 3.8) is 0 Å². The number of hydrogen-bond donors (Lipinski definition) is 2. The summed E-state index contributed by atoms with van der Waals surface area (Å²) in [5.74, 6) is -1.36. The zero-order valence-electron chi connectivity index (χ0n) is 9.36. The van der Waals surface area contributed by atoms with Crippen molar-refractivity contribution >= 4 is 11.9 Å². The number of esters is 1. The van der Waals surface area contributed by atoms with Crippen molar-refractivity contribution in [1.82, 2.24) is 0 Å². The minimum absolute atomic E-state index is 0.170. The summed E-state index contributed by atoms with van der Waals surface area (Å²) in [5.41, 5.74) is 0. The number of carboxylic acid groups (broad SMARTS) is 1. The lowest BCUT2D eigenvalue weighted by atomic mass is 10.2. The second kappa shape index (κ2) is 12.9. The van der Waals surface area contributed by atoms with Gasteiger partial charge in [-0.1, -0.05) is 26.2 Å². The van der Waals surface area contributed by atoms with Gasteiger partial charge in [0.2, 0.25) is 0 Å². The Labute approximate surface area is 90.1 Å². The lowest BCUT2D eigenvalue weighted by Crippen LogP contribution is -1.99. The number of rotatable bonds is 6. The van der Waals surface area contributed by atoms with Crippen molar-refractivity contribution in [2.75, 3.05) is 13.2 Å². The molecule has 0 aromatic carbocycles. The molecule has 0 aliphatic heterocycles. The Kier molecular flexibility index (Phi) is 14.0. The van der Waals surface area contributed by atoms with Gasteiger partial charge in [0.25, 0.3) is 0 Å². The number of aliphatic hydroxyl groups is 1. The van der Waals surface area contributed by atoms with Crippen LogP contribution in [-0.4, -0.2) is 35.4 Å². The molecule has 5 heteroatoms. The minimum Gasteiger partial charge on any atom is -0.480 e. The van der Waals surface area contributed by atoms with Gasteiger partial charge in [-0.25, -0.2) is 4.79 Å². The molecule has 0 saturated carbocycles. The molecule has 0 aromatic rings. The quantitative estimate of drug-likeness (QED) is 0.519. The molecule has 0 aliphatic carbocycles. The van der Waals surface area contributed by atoms with Gasteiger partial charge in [0.1, 0.15) is 6.61 Å². The largest absolute Gasteiger partial charge is 0.480 e. The number of hydrogen-bond acceptors (Lipinski definition) is 4. The molecule has 0 aliphatic rings. The topological polar surface area (TPSA) is 83.8 Å². The second-order valence-electron chi connectivity index (χ2n) is 2.95. The number of aliphatic hydroxyl groups excluding tert-OH is 1. The van der Waals surface area contributed by atoms with Crippen LogP contribution in [-0.2, 0) is 14.3 Å². The first kappa shape index (κ1) is 16.3. The highest BCUT2D eigenvalue weighted by atomic mass is 16.5. The van der Waals surface area contributed by atoms with Crippen LogP contribution >= 0.6 is 0 Å². The Balaban J connectivity index is 0. The molecule has 0 radical (unpaired) electrons. The van der Waals surface area contributed by atoms with Crippen LogP contribution in [0, 0.1) is 0 Å². The molecule has 0 atom stereocenters. The van der Waals surface area contributed by atoms with Crippen molar-refractivity contribution in [3.05, 3.63) is 0 Å². The minimum atomic E-state index is -1.19. The number of carbonyl (C=O) groups is 2. The van der Waals surface area contributed by atoms with Crippen molar-refractivity contribution in [2.45, 2.75) is 39.5 Å². The Hall–Kier alpha value is -1.10. The fraction of sp³-hybridized carbons (Fsp3) is 0.800. The van der Waals surface area contributed by atoms with E-state index in [2.05, 4.69) is 6.92 Å². The van der Waals surface area contributed by atoms with Gasteiger partial charge in [-0.05, 0) is 6.42 Å². The van der Waals surface area contributed by atoms with Gasteiger partial charge in [-0.15, -0.1) is 0 Å². The molecule has 15 heavy (non-hydrogen) atoms. The first-order valence-electron chi connectivity index (χ1n) is 5.00. The highest BCUT2D eigenvalue weighted by Gasteiger charge is 1.91. The molecule has 90 valence electrons. The summed E-state index contributed by atoms with van der Waals surface area (Å²) in [6.07, 6.45) is 4.64. The Bertz CT molecular complexity index is 167. The third kappa shape index (κ3) is 24.6. The van der Waals surface area contributed by atoms with E-state index in [4.69, 9.17) is 19.7 Å². The molecule has 0 amide bonds. The molecule has 0 saturated heterocycles. The van der Waals surface area contributed by atoms with Gasteiger partial charge >= 0.3 is 11.9 Å². The molecule has 0 unspecified atom stereocenters. The standard InChI is InChI=1S/C8H16O2.C2H4O3/c1-3-4-5-6-7-10-8(2)9;3-1-2(4)5/h3-7H2,1-2H3;3H,1H2,(H,4,5). The van der Waals surface area contributed by atoms with Crippen LogP contribution < -0.4 is 0 Å². The fourth-order valence-electron chi connectivity index (χ4n) is 0.745. The van der Waals surface area contributed by atoms with Crippen LogP contribution in [0.25, 0.3) is 0 Å². The number of aliphatic carboxylic acids is 1. The van der Waals surface area contributed by atoms with Crippen molar-refractivity contribution in [2.24, 2.45) is 0 Å². The maximum Gasteiger partial charge on any atom is 0.329 e. The Morgan fingerprint density at radius 1 is 1.20 bits per heavy atom. The van der Waals surface area contributed by atoms with E-state index in [0.717, 1.165) is 6.42 Å². The SMILES string of the molecule is CCCCCCOC(C)=O.O=C(O)CO. The maximum absolute atomic E-state index is 10.3. The van der Waals surface area contributed by atoms with Gasteiger partial charge in [-0.3, -0.25) is 4.79 Å². The monoisotopic (exact) mass is 220 g/mol. The van der Waals surface area contributed by atoms with Crippen LogP contribution in [0.1, 0.15) is 39.5 Å². The normalized spacial score (nSPS) is 8.73. The molecule has 0 spiro atoms. The van der Waals surface area contributed by atoms with Gasteiger partial charge < -0.3 is 14.9 Å². The molecule has 2 N–H and O–H groups in total. The molecule has 0 rings (SSSR count). The van der Waals surface area contributed by atoms with Crippen molar-refractivity contribution < 1.29 is 24.5 Å². The first-order valence-corrected chi connectivity index (χ1v) is 5.00. The molecular weight excluding hydrogens is 200 g/mol. The van der Waals surface area contributed by atoms with Crippen molar-refractivity contribution in [3.8, 4) is 0 Å². The molecule has 5 nitrogen and oxygen atoms in total. The third-order valence-corrected chi connectivity index (χ3v) is 1.44. The van der Waals surface area contributed by atoms with Gasteiger partial charge in [0, 0.05) is 6.92 Å². The smallest absolute Gasteiger partial charge is 0.329 e. The van der Waals surface area contributed by atoms with E-state index >= 15 is 0 Å². The molecule has 0 fully saturated rings. The first-order chi connectivity index (χ1) is 7.04. The zero-order valence-corrected chi connectivity index (χ0v) is 9.36. The lowest BCUT2D eigenvalue weighted by molar-refractivity contribution is -0.141. The molecule has 0 heterocycles. The van der Waals surface area contributed by atoms with Gasteiger partial charge in [0.15, 0.2) is 0 Å². The van der Waals surface area contributed by atoms with E-state index in [-0.39, 0.29) is 5.97 Å². The Morgan fingerprint density at radius 2 is 1.73 bits per heavy atom. The number of ether oxygens (including phenoxy) is 1. The predicted octanol–water partition coefficient (Wildman–Crippen LogP) is 1.19. The number of carboxylic acids is 1. The lowest BCUT2D eigenvalue weighted by Gasteiger charge is -1.99. The Morgan fingerprint density at radius 3 is 2.07 bits per heavy atom. The summed E-state index contributed by atoms with van der Waals surface area (Å²) >= 11 is 0. The average Bonchev–Trinajstić information content (AvgIpc) is 2.18. The third-order valence-electron chi connectivity index (χ3n) is 1.44. The van der Waals surface area contributed by atoms with Crippen LogP contribution in [0.15, 0.2) is 0 Å². The number of carbonyl (C=O) groups excluding carboxylic acids is 1. The fourth-order valence-corrected chi connectivity index (χ4v) is 0.745.